The minimum atomic E-state index is 0.625. The van der Waals surface area contributed by atoms with Gasteiger partial charge in [0.1, 0.15) is 16.7 Å². The molecule has 0 saturated heterocycles. The van der Waals surface area contributed by atoms with Crippen LogP contribution in [-0.2, 0) is 0 Å². The van der Waals surface area contributed by atoms with E-state index in [9.17, 15) is 0 Å². The molecule has 2 rings (SSSR count). The van der Waals surface area contributed by atoms with Crippen molar-refractivity contribution in [3.05, 3.63) is 11.9 Å². The average molecular weight is 209 g/mol. The Bertz CT molecular complexity index is 323. The second kappa shape index (κ2) is 4.17. The standard InChI is InChI=1S/C10H15N3S/c1-3-14-9-6-8(11-2)12-10(13-9)7-4-5-7/h6-7H,3-5H2,1-2H3,(H,11,12,13). The molecule has 76 valence electrons. The van der Waals surface area contributed by atoms with Crippen molar-refractivity contribution in [1.82, 2.24) is 9.97 Å². The van der Waals surface area contributed by atoms with Gasteiger partial charge in [0.2, 0.25) is 0 Å². The van der Waals surface area contributed by atoms with Crippen LogP contribution in [0.2, 0.25) is 0 Å². The molecule has 1 fully saturated rings. The third-order valence-corrected chi connectivity index (χ3v) is 3.00. The zero-order chi connectivity index (χ0) is 9.97. The summed E-state index contributed by atoms with van der Waals surface area (Å²) >= 11 is 1.77. The number of aromatic nitrogens is 2. The van der Waals surface area contributed by atoms with Gasteiger partial charge in [-0.25, -0.2) is 9.97 Å². The number of hydrogen-bond donors (Lipinski definition) is 1. The largest absolute Gasteiger partial charge is 0.373 e. The topological polar surface area (TPSA) is 37.8 Å². The maximum atomic E-state index is 4.54. The van der Waals surface area contributed by atoms with E-state index in [1.807, 2.05) is 13.1 Å². The van der Waals surface area contributed by atoms with Crippen molar-refractivity contribution >= 4 is 17.6 Å². The maximum absolute atomic E-state index is 4.54. The number of rotatable bonds is 4. The molecule has 0 aromatic carbocycles. The van der Waals surface area contributed by atoms with Crippen LogP contribution in [0.4, 0.5) is 5.82 Å². The van der Waals surface area contributed by atoms with Crippen LogP contribution in [0.15, 0.2) is 11.1 Å². The van der Waals surface area contributed by atoms with Gasteiger partial charge in [0, 0.05) is 19.0 Å². The van der Waals surface area contributed by atoms with Gasteiger partial charge in [0.05, 0.1) is 0 Å². The van der Waals surface area contributed by atoms with Gasteiger partial charge in [-0.15, -0.1) is 11.8 Å². The first kappa shape index (κ1) is 9.77. The Kier molecular flexibility index (Phi) is 2.91. The summed E-state index contributed by atoms with van der Waals surface area (Å²) in [5.41, 5.74) is 0. The molecular weight excluding hydrogens is 194 g/mol. The summed E-state index contributed by atoms with van der Waals surface area (Å²) in [6, 6.07) is 2.01. The fourth-order valence-electron chi connectivity index (χ4n) is 1.32. The molecule has 0 radical (unpaired) electrons. The monoisotopic (exact) mass is 209 g/mol. The van der Waals surface area contributed by atoms with E-state index in [1.54, 1.807) is 11.8 Å². The van der Waals surface area contributed by atoms with E-state index in [0.717, 1.165) is 22.4 Å². The Labute approximate surface area is 88.7 Å². The van der Waals surface area contributed by atoms with Crippen LogP contribution in [0, 0.1) is 0 Å². The fourth-order valence-corrected chi connectivity index (χ4v) is 1.97. The molecule has 1 aromatic rings. The average Bonchev–Trinajstić information content (AvgIpc) is 3.01. The van der Waals surface area contributed by atoms with Crippen LogP contribution < -0.4 is 5.32 Å². The van der Waals surface area contributed by atoms with E-state index in [0.29, 0.717) is 5.92 Å². The van der Waals surface area contributed by atoms with E-state index < -0.39 is 0 Å². The van der Waals surface area contributed by atoms with Crippen LogP contribution in [0.1, 0.15) is 31.5 Å². The van der Waals surface area contributed by atoms with Crippen LogP contribution in [0.5, 0.6) is 0 Å². The Morgan fingerprint density at radius 3 is 2.86 bits per heavy atom. The molecule has 0 aliphatic heterocycles. The first-order valence-corrected chi connectivity index (χ1v) is 6.01. The number of thioether (sulfide) groups is 1. The van der Waals surface area contributed by atoms with Crippen molar-refractivity contribution in [2.45, 2.75) is 30.7 Å². The molecule has 1 saturated carbocycles. The lowest BCUT2D eigenvalue weighted by molar-refractivity contribution is 0.880. The number of hydrogen-bond acceptors (Lipinski definition) is 4. The number of anilines is 1. The molecule has 1 aliphatic rings. The Morgan fingerprint density at radius 2 is 2.29 bits per heavy atom. The molecule has 0 unspecified atom stereocenters. The SMILES string of the molecule is CCSc1cc(NC)nc(C2CC2)n1. The normalized spacial score (nSPS) is 15.6. The molecule has 4 heteroatoms. The summed E-state index contributed by atoms with van der Waals surface area (Å²) in [4.78, 5) is 9.01. The predicted octanol–water partition coefficient (Wildman–Crippen LogP) is 2.51. The molecule has 14 heavy (non-hydrogen) atoms. The summed E-state index contributed by atoms with van der Waals surface area (Å²) in [6.07, 6.45) is 2.51. The van der Waals surface area contributed by atoms with Gasteiger partial charge >= 0.3 is 0 Å². The van der Waals surface area contributed by atoms with E-state index in [2.05, 4.69) is 22.2 Å². The zero-order valence-corrected chi connectivity index (χ0v) is 9.40. The Morgan fingerprint density at radius 1 is 1.50 bits per heavy atom. The van der Waals surface area contributed by atoms with Gasteiger partial charge in [-0.1, -0.05) is 6.92 Å². The van der Waals surface area contributed by atoms with Gasteiger partial charge in [-0.2, -0.15) is 0 Å². The van der Waals surface area contributed by atoms with Crippen LogP contribution in [0.25, 0.3) is 0 Å². The summed E-state index contributed by atoms with van der Waals surface area (Å²) < 4.78 is 0. The zero-order valence-electron chi connectivity index (χ0n) is 8.58. The van der Waals surface area contributed by atoms with Gasteiger partial charge in [0.15, 0.2) is 0 Å². The molecule has 0 spiro atoms. The molecule has 0 amide bonds. The minimum Gasteiger partial charge on any atom is -0.373 e. The highest BCUT2D eigenvalue weighted by atomic mass is 32.2. The summed E-state index contributed by atoms with van der Waals surface area (Å²) in [5, 5.41) is 4.18. The van der Waals surface area contributed by atoms with E-state index in [4.69, 9.17) is 0 Å². The van der Waals surface area contributed by atoms with Crippen molar-refractivity contribution in [3.8, 4) is 0 Å². The fraction of sp³-hybridized carbons (Fsp3) is 0.600. The van der Waals surface area contributed by atoms with Gasteiger partial charge in [-0.3, -0.25) is 0 Å². The predicted molar refractivity (Wildman–Crippen MR) is 60.0 cm³/mol. The van der Waals surface area contributed by atoms with Crippen molar-refractivity contribution in [2.75, 3.05) is 18.1 Å². The second-order valence-corrected chi connectivity index (χ2v) is 4.69. The molecular formula is C10H15N3S. The lowest BCUT2D eigenvalue weighted by Gasteiger charge is -2.05. The molecule has 1 aromatic heterocycles. The van der Waals surface area contributed by atoms with Crippen molar-refractivity contribution in [1.29, 1.82) is 0 Å². The summed E-state index contributed by atoms with van der Waals surface area (Å²) in [7, 11) is 1.90. The van der Waals surface area contributed by atoms with Crippen LogP contribution in [-0.4, -0.2) is 22.8 Å². The highest BCUT2D eigenvalue weighted by Gasteiger charge is 2.27. The lowest BCUT2D eigenvalue weighted by Crippen LogP contribution is -2.00. The molecule has 0 bridgehead atoms. The van der Waals surface area contributed by atoms with E-state index >= 15 is 0 Å². The highest BCUT2D eigenvalue weighted by Crippen LogP contribution is 2.39. The van der Waals surface area contributed by atoms with Crippen LogP contribution >= 0.6 is 11.8 Å². The molecule has 0 atom stereocenters. The van der Waals surface area contributed by atoms with E-state index in [1.165, 1.54) is 12.8 Å². The first-order chi connectivity index (χ1) is 6.83. The third kappa shape index (κ3) is 2.18. The smallest absolute Gasteiger partial charge is 0.135 e. The first-order valence-electron chi connectivity index (χ1n) is 5.03. The molecule has 1 aliphatic carbocycles. The van der Waals surface area contributed by atoms with Gasteiger partial charge < -0.3 is 5.32 Å². The van der Waals surface area contributed by atoms with Crippen molar-refractivity contribution in [3.63, 3.8) is 0 Å². The number of nitrogens with zero attached hydrogens (tertiary/aromatic N) is 2. The molecule has 1 N–H and O–H groups in total. The third-order valence-electron chi connectivity index (χ3n) is 2.21. The maximum Gasteiger partial charge on any atom is 0.135 e. The lowest BCUT2D eigenvalue weighted by atomic mass is 10.4. The Balaban J connectivity index is 2.26. The minimum absolute atomic E-state index is 0.625. The highest BCUT2D eigenvalue weighted by molar-refractivity contribution is 7.99. The van der Waals surface area contributed by atoms with Crippen molar-refractivity contribution in [2.24, 2.45) is 0 Å². The van der Waals surface area contributed by atoms with Gasteiger partial charge in [-0.05, 0) is 18.6 Å². The quantitative estimate of drug-likeness (QED) is 0.611. The number of nitrogens with one attached hydrogen (secondary N) is 1. The second-order valence-electron chi connectivity index (χ2n) is 3.41. The van der Waals surface area contributed by atoms with Crippen LogP contribution in [0.3, 0.4) is 0 Å². The molecule has 3 nitrogen and oxygen atoms in total. The van der Waals surface area contributed by atoms with E-state index in [-0.39, 0.29) is 0 Å². The summed E-state index contributed by atoms with van der Waals surface area (Å²) in [5.74, 6) is 3.65. The molecule has 1 heterocycles. The van der Waals surface area contributed by atoms with Crippen molar-refractivity contribution < 1.29 is 0 Å². The Hall–Kier alpha value is -0.770. The van der Waals surface area contributed by atoms with Gasteiger partial charge in [0.25, 0.3) is 0 Å². The summed E-state index contributed by atoms with van der Waals surface area (Å²) in [6.45, 7) is 2.14.